The van der Waals surface area contributed by atoms with Crippen LogP contribution in [0.1, 0.15) is 6.42 Å². The van der Waals surface area contributed by atoms with Crippen LogP contribution in [0.15, 0.2) is 36.9 Å². The number of carbonyl (C=O) groups excluding carboxylic acids is 1. The van der Waals surface area contributed by atoms with E-state index in [1.54, 1.807) is 22.0 Å². The van der Waals surface area contributed by atoms with Crippen LogP contribution in [0.5, 0.6) is 0 Å². The van der Waals surface area contributed by atoms with Gasteiger partial charge < -0.3 is 0 Å². The number of imidazole rings is 1. The number of fused-ring (bicyclic) bond motifs is 1. The van der Waals surface area contributed by atoms with E-state index in [-0.39, 0.29) is 5.91 Å². The van der Waals surface area contributed by atoms with Gasteiger partial charge in [-0.1, -0.05) is 0 Å². The molecule has 4 heterocycles. The van der Waals surface area contributed by atoms with Gasteiger partial charge in [0.1, 0.15) is 17.4 Å². The Hall–Kier alpha value is -3.14. The molecular formula is C16H14N6O. The van der Waals surface area contributed by atoms with Gasteiger partial charge >= 0.3 is 0 Å². The summed E-state index contributed by atoms with van der Waals surface area (Å²) < 4.78 is 3.61. The van der Waals surface area contributed by atoms with Gasteiger partial charge in [-0.05, 0) is 24.1 Å². The maximum absolute atomic E-state index is 12.4. The van der Waals surface area contributed by atoms with Crippen molar-refractivity contribution in [2.45, 2.75) is 6.42 Å². The highest BCUT2D eigenvalue weighted by atomic mass is 16.2. The first-order valence-electron chi connectivity index (χ1n) is 7.34. The predicted octanol–water partition coefficient (Wildman–Crippen LogP) is 1.61. The number of aryl methyl sites for hydroxylation is 1. The van der Waals surface area contributed by atoms with Gasteiger partial charge in [0, 0.05) is 37.7 Å². The smallest absolute Gasteiger partial charge is 0.245 e. The lowest BCUT2D eigenvalue weighted by Crippen LogP contribution is -2.28. The van der Waals surface area contributed by atoms with Crippen molar-refractivity contribution in [2.75, 3.05) is 11.4 Å². The normalized spacial score (nSPS) is 17.8. The standard InChI is InChI=1S/C16H14N6O/c1-20-10-13(9-19-20)12-6-14-18-3-5-21(14)15(7-12)22-4-2-11(8-17)16(22)23/h3,5-7,9-11H,2,4H2,1H3. The molecule has 0 bridgehead atoms. The van der Waals surface area contributed by atoms with Gasteiger partial charge in [0.25, 0.3) is 0 Å². The molecule has 0 radical (unpaired) electrons. The molecule has 0 aromatic carbocycles. The van der Waals surface area contributed by atoms with E-state index in [0.717, 1.165) is 22.6 Å². The zero-order valence-electron chi connectivity index (χ0n) is 12.5. The van der Waals surface area contributed by atoms with E-state index in [1.165, 1.54) is 0 Å². The van der Waals surface area contributed by atoms with Gasteiger partial charge in [-0.25, -0.2) is 4.98 Å². The van der Waals surface area contributed by atoms with Crippen LogP contribution in [-0.2, 0) is 11.8 Å². The van der Waals surface area contributed by atoms with Crippen molar-refractivity contribution in [1.29, 1.82) is 5.26 Å². The summed E-state index contributed by atoms with van der Waals surface area (Å²) in [6, 6.07) is 5.98. The van der Waals surface area contributed by atoms with Crippen molar-refractivity contribution >= 4 is 17.4 Å². The van der Waals surface area contributed by atoms with Crippen molar-refractivity contribution in [3.63, 3.8) is 0 Å². The third-order valence-electron chi connectivity index (χ3n) is 4.16. The number of nitrogens with zero attached hydrogens (tertiary/aromatic N) is 6. The highest BCUT2D eigenvalue weighted by molar-refractivity contribution is 5.98. The molecule has 3 aromatic heterocycles. The lowest BCUT2D eigenvalue weighted by molar-refractivity contribution is -0.119. The van der Waals surface area contributed by atoms with Crippen LogP contribution in [0, 0.1) is 17.2 Å². The number of carbonyl (C=O) groups is 1. The molecule has 1 saturated heterocycles. The number of amides is 1. The molecule has 1 atom stereocenters. The van der Waals surface area contributed by atoms with E-state index in [0.29, 0.717) is 13.0 Å². The number of hydrogen-bond donors (Lipinski definition) is 0. The average Bonchev–Trinajstić information content (AvgIpc) is 3.25. The molecule has 4 rings (SSSR count). The van der Waals surface area contributed by atoms with Crippen LogP contribution >= 0.6 is 0 Å². The molecule has 1 unspecified atom stereocenters. The summed E-state index contributed by atoms with van der Waals surface area (Å²) in [5.41, 5.74) is 2.66. The largest absolute Gasteiger partial charge is 0.297 e. The lowest BCUT2D eigenvalue weighted by Gasteiger charge is -2.18. The highest BCUT2D eigenvalue weighted by Gasteiger charge is 2.33. The molecule has 0 saturated carbocycles. The van der Waals surface area contributed by atoms with Crippen LogP contribution in [0.4, 0.5) is 5.82 Å². The summed E-state index contributed by atoms with van der Waals surface area (Å²) >= 11 is 0. The van der Waals surface area contributed by atoms with Crippen LogP contribution in [0.3, 0.4) is 0 Å². The third kappa shape index (κ3) is 2.07. The first-order valence-corrected chi connectivity index (χ1v) is 7.34. The molecule has 7 nitrogen and oxygen atoms in total. The fourth-order valence-electron chi connectivity index (χ4n) is 2.98. The average molecular weight is 306 g/mol. The minimum atomic E-state index is -0.560. The molecule has 3 aromatic rings. The lowest BCUT2D eigenvalue weighted by atomic mass is 10.1. The molecule has 0 aliphatic carbocycles. The van der Waals surface area contributed by atoms with Crippen molar-refractivity contribution in [3.8, 4) is 17.2 Å². The topological polar surface area (TPSA) is 79.2 Å². The number of aromatic nitrogens is 4. The summed E-state index contributed by atoms with van der Waals surface area (Å²) in [5.74, 6) is 0.0306. The van der Waals surface area contributed by atoms with Crippen molar-refractivity contribution < 1.29 is 4.79 Å². The molecule has 7 heteroatoms. The van der Waals surface area contributed by atoms with Crippen molar-refractivity contribution in [1.82, 2.24) is 19.2 Å². The van der Waals surface area contributed by atoms with E-state index in [4.69, 9.17) is 5.26 Å². The number of rotatable bonds is 2. The molecule has 0 N–H and O–H groups in total. The molecule has 1 aliphatic rings. The van der Waals surface area contributed by atoms with Crippen LogP contribution < -0.4 is 4.90 Å². The van der Waals surface area contributed by atoms with E-state index in [2.05, 4.69) is 16.2 Å². The van der Waals surface area contributed by atoms with Crippen LogP contribution in [0.25, 0.3) is 16.8 Å². The zero-order valence-corrected chi connectivity index (χ0v) is 12.5. The Morgan fingerprint density at radius 1 is 1.35 bits per heavy atom. The van der Waals surface area contributed by atoms with Gasteiger partial charge in [-0.2, -0.15) is 10.4 Å². The minimum absolute atomic E-state index is 0.147. The zero-order chi connectivity index (χ0) is 16.0. The summed E-state index contributed by atoms with van der Waals surface area (Å²) in [5, 5.41) is 13.3. The molecule has 114 valence electrons. The van der Waals surface area contributed by atoms with Crippen molar-refractivity contribution in [2.24, 2.45) is 13.0 Å². The van der Waals surface area contributed by atoms with Crippen LogP contribution in [0.2, 0.25) is 0 Å². The predicted molar refractivity (Wildman–Crippen MR) is 83.5 cm³/mol. The van der Waals surface area contributed by atoms with Crippen LogP contribution in [-0.4, -0.2) is 31.6 Å². The van der Waals surface area contributed by atoms with Gasteiger partial charge in [0.15, 0.2) is 0 Å². The van der Waals surface area contributed by atoms with E-state index in [1.807, 2.05) is 36.0 Å². The molecule has 1 amide bonds. The summed E-state index contributed by atoms with van der Waals surface area (Å²) in [6.07, 6.45) is 7.78. The first-order chi connectivity index (χ1) is 11.2. The second kappa shape index (κ2) is 4.95. The van der Waals surface area contributed by atoms with Gasteiger partial charge in [-0.15, -0.1) is 0 Å². The maximum Gasteiger partial charge on any atom is 0.245 e. The van der Waals surface area contributed by atoms with E-state index < -0.39 is 5.92 Å². The fraction of sp³-hybridized carbons (Fsp3) is 0.250. The Morgan fingerprint density at radius 2 is 2.22 bits per heavy atom. The number of anilines is 1. The minimum Gasteiger partial charge on any atom is -0.297 e. The summed E-state index contributed by atoms with van der Waals surface area (Å²) in [6.45, 7) is 0.542. The third-order valence-corrected chi connectivity index (χ3v) is 4.16. The monoisotopic (exact) mass is 306 g/mol. The van der Waals surface area contributed by atoms with Gasteiger partial charge in [-0.3, -0.25) is 18.8 Å². The number of nitriles is 1. The second-order valence-electron chi connectivity index (χ2n) is 5.62. The molecule has 23 heavy (non-hydrogen) atoms. The van der Waals surface area contributed by atoms with Gasteiger partial charge in [0.05, 0.1) is 12.3 Å². The Labute approximate surface area is 132 Å². The quantitative estimate of drug-likeness (QED) is 0.720. The van der Waals surface area contributed by atoms with E-state index in [9.17, 15) is 4.79 Å². The van der Waals surface area contributed by atoms with Gasteiger partial charge in [0.2, 0.25) is 5.91 Å². The SMILES string of the molecule is Cn1cc(-c2cc(N3CCC(C#N)C3=O)n3ccnc3c2)cn1. The summed E-state index contributed by atoms with van der Waals surface area (Å²) in [4.78, 5) is 18.4. The maximum atomic E-state index is 12.4. The fourth-order valence-corrected chi connectivity index (χ4v) is 2.98. The molecule has 1 aliphatic heterocycles. The Morgan fingerprint density at radius 3 is 2.91 bits per heavy atom. The highest BCUT2D eigenvalue weighted by Crippen LogP contribution is 2.30. The molecule has 0 spiro atoms. The Balaban J connectivity index is 1.87. The Bertz CT molecular complexity index is 947. The Kier molecular flexibility index (Phi) is 2.91. The molecule has 1 fully saturated rings. The van der Waals surface area contributed by atoms with Crippen molar-refractivity contribution in [3.05, 3.63) is 36.9 Å². The molecular weight excluding hydrogens is 292 g/mol. The van der Waals surface area contributed by atoms with E-state index >= 15 is 0 Å². The second-order valence-corrected chi connectivity index (χ2v) is 5.62. The number of hydrogen-bond acceptors (Lipinski definition) is 4. The number of pyridine rings is 1. The summed E-state index contributed by atoms with van der Waals surface area (Å²) in [7, 11) is 1.86. The first kappa shape index (κ1) is 13.5.